The van der Waals surface area contributed by atoms with Gasteiger partial charge in [-0.1, -0.05) is 0 Å². The Morgan fingerprint density at radius 3 is 2.63 bits per heavy atom. The first-order chi connectivity index (χ1) is 9.00. The van der Waals surface area contributed by atoms with Crippen LogP contribution in [-0.2, 0) is 10.0 Å². The minimum absolute atomic E-state index is 0.0525. The van der Waals surface area contributed by atoms with E-state index in [1.165, 1.54) is 0 Å². The molecule has 19 heavy (non-hydrogen) atoms. The van der Waals surface area contributed by atoms with Gasteiger partial charge < -0.3 is 10.6 Å². The summed E-state index contributed by atoms with van der Waals surface area (Å²) in [6.07, 6.45) is 2.30. The van der Waals surface area contributed by atoms with Crippen LogP contribution in [0.1, 0.15) is 12.8 Å². The zero-order valence-electron chi connectivity index (χ0n) is 11.3. The van der Waals surface area contributed by atoms with E-state index >= 15 is 0 Å². The Morgan fingerprint density at radius 1 is 1.42 bits per heavy atom. The maximum Gasteiger partial charge on any atom is 0.215 e. The Morgan fingerprint density at radius 2 is 2.05 bits per heavy atom. The summed E-state index contributed by atoms with van der Waals surface area (Å²) < 4.78 is 25.7. The number of guanidine groups is 1. The van der Waals surface area contributed by atoms with E-state index in [-0.39, 0.29) is 12.3 Å². The molecule has 1 saturated heterocycles. The van der Waals surface area contributed by atoms with Gasteiger partial charge in [0.05, 0.1) is 12.3 Å². The molecule has 0 atom stereocenters. The number of rotatable bonds is 5. The number of sulfonamides is 1. The van der Waals surface area contributed by atoms with E-state index in [0.717, 1.165) is 24.3 Å². The van der Waals surface area contributed by atoms with Crippen LogP contribution in [0.5, 0.6) is 0 Å². The predicted molar refractivity (Wildman–Crippen MR) is 80.0 cm³/mol. The minimum Gasteiger partial charge on any atom is -0.370 e. The lowest BCUT2D eigenvalue weighted by Gasteiger charge is -2.25. The number of hydrogen-bond donors (Lipinski definition) is 1. The highest BCUT2D eigenvalue weighted by Crippen LogP contribution is 2.24. The maximum atomic E-state index is 12.1. The lowest BCUT2D eigenvalue weighted by Crippen LogP contribution is -2.40. The van der Waals surface area contributed by atoms with Gasteiger partial charge in [-0.25, -0.2) is 12.7 Å². The van der Waals surface area contributed by atoms with Gasteiger partial charge in [0.15, 0.2) is 5.96 Å². The molecule has 0 radical (unpaired) electrons. The summed E-state index contributed by atoms with van der Waals surface area (Å²) in [5.74, 6) is 2.27. The van der Waals surface area contributed by atoms with Gasteiger partial charge in [-0.2, -0.15) is 11.8 Å². The SMILES string of the molecule is CN(C(N)=NCCS(=O)(=O)N1CCSCC1)C1CC1. The highest BCUT2D eigenvalue weighted by Gasteiger charge is 2.27. The molecule has 0 aromatic carbocycles. The Kier molecular flexibility index (Phi) is 4.97. The first kappa shape index (κ1) is 14.9. The van der Waals surface area contributed by atoms with Gasteiger partial charge in [0.25, 0.3) is 0 Å². The molecule has 1 aliphatic carbocycles. The third kappa shape index (κ3) is 4.25. The number of nitrogens with zero attached hydrogens (tertiary/aromatic N) is 3. The summed E-state index contributed by atoms with van der Waals surface area (Å²) in [7, 11) is -1.26. The summed E-state index contributed by atoms with van der Waals surface area (Å²) in [4.78, 5) is 6.11. The largest absolute Gasteiger partial charge is 0.370 e. The third-order valence-electron chi connectivity index (χ3n) is 3.44. The van der Waals surface area contributed by atoms with E-state index in [1.54, 1.807) is 16.1 Å². The zero-order chi connectivity index (χ0) is 13.9. The topological polar surface area (TPSA) is 79.0 Å². The predicted octanol–water partition coefficient (Wildman–Crippen LogP) is -0.226. The van der Waals surface area contributed by atoms with Gasteiger partial charge >= 0.3 is 0 Å². The standard InChI is InChI=1S/C11H22N4O2S2/c1-14(10-2-3-10)11(12)13-4-9-19(16,17)15-5-7-18-8-6-15/h10H,2-9H2,1H3,(H2,12,13). The van der Waals surface area contributed by atoms with Gasteiger partial charge in [-0.3, -0.25) is 4.99 Å². The molecule has 1 saturated carbocycles. The molecule has 110 valence electrons. The van der Waals surface area contributed by atoms with Crippen LogP contribution in [0.4, 0.5) is 0 Å². The van der Waals surface area contributed by atoms with E-state index in [2.05, 4.69) is 4.99 Å². The zero-order valence-corrected chi connectivity index (χ0v) is 12.9. The summed E-state index contributed by atoms with van der Waals surface area (Å²) in [5.41, 5.74) is 5.83. The van der Waals surface area contributed by atoms with E-state index < -0.39 is 10.0 Å². The number of nitrogens with two attached hydrogens (primary N) is 1. The van der Waals surface area contributed by atoms with Crippen molar-refractivity contribution in [3.8, 4) is 0 Å². The molecule has 0 amide bonds. The van der Waals surface area contributed by atoms with Crippen molar-refractivity contribution in [2.24, 2.45) is 10.7 Å². The average molecular weight is 306 g/mol. The molecular formula is C11H22N4O2S2. The van der Waals surface area contributed by atoms with Crippen LogP contribution < -0.4 is 5.73 Å². The second-order valence-electron chi connectivity index (χ2n) is 4.91. The summed E-state index contributed by atoms with van der Waals surface area (Å²) >= 11 is 1.80. The molecule has 2 rings (SSSR count). The van der Waals surface area contributed by atoms with Gasteiger partial charge in [0, 0.05) is 37.7 Å². The fraction of sp³-hybridized carbons (Fsp3) is 0.909. The highest BCUT2D eigenvalue weighted by molar-refractivity contribution is 7.99. The van der Waals surface area contributed by atoms with Gasteiger partial charge in [-0.05, 0) is 12.8 Å². The smallest absolute Gasteiger partial charge is 0.215 e. The molecule has 8 heteroatoms. The second-order valence-corrected chi connectivity index (χ2v) is 8.22. The Hall–Kier alpha value is -0.470. The Balaban J connectivity index is 1.81. The Labute approximate surface area is 119 Å². The monoisotopic (exact) mass is 306 g/mol. The molecule has 2 aliphatic rings. The van der Waals surface area contributed by atoms with Gasteiger partial charge in [-0.15, -0.1) is 0 Å². The molecule has 0 aromatic rings. The first-order valence-corrected chi connectivity index (χ1v) is 9.35. The Bertz CT molecular complexity index is 428. The molecule has 0 spiro atoms. The van der Waals surface area contributed by atoms with Crippen LogP contribution in [0.3, 0.4) is 0 Å². The lowest BCUT2D eigenvalue weighted by atomic mass is 10.6. The summed E-state index contributed by atoms with van der Waals surface area (Å²) in [6.45, 7) is 1.48. The van der Waals surface area contributed by atoms with Crippen LogP contribution in [-0.4, -0.2) is 73.6 Å². The van der Waals surface area contributed by atoms with Crippen molar-refractivity contribution in [2.45, 2.75) is 18.9 Å². The van der Waals surface area contributed by atoms with E-state index in [4.69, 9.17) is 5.73 Å². The van der Waals surface area contributed by atoms with Crippen molar-refractivity contribution in [3.05, 3.63) is 0 Å². The highest BCUT2D eigenvalue weighted by atomic mass is 32.2. The van der Waals surface area contributed by atoms with Crippen molar-refractivity contribution in [1.82, 2.24) is 9.21 Å². The quantitative estimate of drug-likeness (QED) is 0.561. The molecule has 1 aliphatic heterocycles. The molecular weight excluding hydrogens is 284 g/mol. The normalized spacial score (nSPS) is 22.5. The first-order valence-electron chi connectivity index (χ1n) is 6.59. The molecule has 0 unspecified atom stereocenters. The van der Waals surface area contributed by atoms with Crippen LogP contribution in [0.2, 0.25) is 0 Å². The molecule has 2 N–H and O–H groups in total. The summed E-state index contributed by atoms with van der Waals surface area (Å²) in [6, 6.07) is 0.500. The van der Waals surface area contributed by atoms with Crippen LogP contribution in [0.25, 0.3) is 0 Å². The average Bonchev–Trinajstić information content (AvgIpc) is 3.23. The van der Waals surface area contributed by atoms with E-state index in [9.17, 15) is 8.42 Å². The molecule has 6 nitrogen and oxygen atoms in total. The van der Waals surface area contributed by atoms with Gasteiger partial charge in [0.2, 0.25) is 10.0 Å². The van der Waals surface area contributed by atoms with Crippen molar-refractivity contribution < 1.29 is 8.42 Å². The van der Waals surface area contributed by atoms with Crippen molar-refractivity contribution in [3.63, 3.8) is 0 Å². The number of aliphatic imine (C=N–C) groups is 1. The number of hydrogen-bond acceptors (Lipinski definition) is 4. The molecule has 1 heterocycles. The second kappa shape index (κ2) is 6.32. The van der Waals surface area contributed by atoms with Crippen molar-refractivity contribution >= 4 is 27.7 Å². The molecule has 0 aromatic heterocycles. The lowest BCUT2D eigenvalue weighted by molar-refractivity contribution is 0.443. The fourth-order valence-corrected chi connectivity index (χ4v) is 4.44. The van der Waals surface area contributed by atoms with Crippen LogP contribution in [0, 0.1) is 0 Å². The minimum atomic E-state index is -3.17. The third-order valence-corrected chi connectivity index (χ3v) is 6.24. The fourth-order valence-electron chi connectivity index (χ4n) is 1.99. The van der Waals surface area contributed by atoms with Crippen LogP contribution >= 0.6 is 11.8 Å². The maximum absolute atomic E-state index is 12.1. The van der Waals surface area contributed by atoms with Crippen molar-refractivity contribution in [1.29, 1.82) is 0 Å². The molecule has 2 fully saturated rings. The van der Waals surface area contributed by atoms with Crippen LogP contribution in [0.15, 0.2) is 4.99 Å². The van der Waals surface area contributed by atoms with E-state index in [0.29, 0.717) is 25.1 Å². The van der Waals surface area contributed by atoms with Gasteiger partial charge in [0.1, 0.15) is 0 Å². The van der Waals surface area contributed by atoms with E-state index in [1.807, 2.05) is 11.9 Å². The van der Waals surface area contributed by atoms with Crippen molar-refractivity contribution in [2.75, 3.05) is 43.9 Å². The molecule has 0 bridgehead atoms. The number of thioether (sulfide) groups is 1. The summed E-state index contributed by atoms with van der Waals surface area (Å²) in [5, 5.41) is 0.